The monoisotopic (exact) mass is 345 g/mol. The molecule has 1 aliphatic heterocycles. The third-order valence-electron chi connectivity index (χ3n) is 4.46. The summed E-state index contributed by atoms with van der Waals surface area (Å²) in [7, 11) is 0. The quantitative estimate of drug-likeness (QED) is 0.428. The smallest absolute Gasteiger partial charge is 0.155 e. The molecule has 0 amide bonds. The van der Waals surface area contributed by atoms with Crippen molar-refractivity contribution >= 4 is 17.7 Å². The molecule has 0 saturated heterocycles. The Morgan fingerprint density at radius 1 is 1.12 bits per heavy atom. The number of fused-ring (bicyclic) bond motifs is 1. The van der Waals surface area contributed by atoms with Crippen LogP contribution in [0.25, 0.3) is 11.1 Å². The fourth-order valence-corrected chi connectivity index (χ4v) is 3.19. The maximum absolute atomic E-state index is 14.3. The zero-order valence-corrected chi connectivity index (χ0v) is 13.9. The van der Waals surface area contributed by atoms with Gasteiger partial charge in [-0.2, -0.15) is 0 Å². The van der Waals surface area contributed by atoms with Gasteiger partial charge >= 0.3 is 0 Å². The summed E-state index contributed by atoms with van der Waals surface area (Å²) in [6.45, 7) is 0. The molecule has 0 spiro atoms. The predicted octanol–water partition coefficient (Wildman–Crippen LogP) is 4.57. The average Bonchev–Trinajstić information content (AvgIpc) is 3.17. The molecule has 2 aromatic carbocycles. The molecular weight excluding hydrogens is 329 g/mol. The highest BCUT2D eigenvalue weighted by Crippen LogP contribution is 2.27. The molecular formula is C21H16FN3O. The van der Waals surface area contributed by atoms with Gasteiger partial charge in [-0.15, -0.1) is 0 Å². The van der Waals surface area contributed by atoms with Crippen LogP contribution in [0.3, 0.4) is 0 Å². The minimum Gasteiger partial charge on any atom is -0.411 e. The summed E-state index contributed by atoms with van der Waals surface area (Å²) < 4.78 is 14.3. The van der Waals surface area contributed by atoms with Crippen LogP contribution in [-0.2, 0) is 12.8 Å². The van der Waals surface area contributed by atoms with Crippen molar-refractivity contribution in [2.24, 2.45) is 10.1 Å². The van der Waals surface area contributed by atoms with Gasteiger partial charge in [-0.25, -0.2) is 14.4 Å². The van der Waals surface area contributed by atoms with Crippen molar-refractivity contribution < 1.29 is 9.60 Å². The first-order valence-electron chi connectivity index (χ1n) is 8.32. The maximum atomic E-state index is 14.3. The van der Waals surface area contributed by atoms with Gasteiger partial charge < -0.3 is 5.21 Å². The highest BCUT2D eigenvalue weighted by Gasteiger charge is 2.18. The van der Waals surface area contributed by atoms with Crippen LogP contribution < -0.4 is 0 Å². The minimum absolute atomic E-state index is 0.277. The Morgan fingerprint density at radius 2 is 1.96 bits per heavy atom. The van der Waals surface area contributed by atoms with E-state index in [9.17, 15) is 9.60 Å². The van der Waals surface area contributed by atoms with Crippen molar-refractivity contribution in [3.63, 3.8) is 0 Å². The second-order valence-corrected chi connectivity index (χ2v) is 6.08. The fourth-order valence-electron chi connectivity index (χ4n) is 3.19. The van der Waals surface area contributed by atoms with Gasteiger partial charge in [0.2, 0.25) is 0 Å². The van der Waals surface area contributed by atoms with Crippen molar-refractivity contribution in [1.82, 2.24) is 4.98 Å². The van der Waals surface area contributed by atoms with E-state index in [4.69, 9.17) is 0 Å². The summed E-state index contributed by atoms with van der Waals surface area (Å²) in [5, 5.41) is 13.1. The van der Waals surface area contributed by atoms with Gasteiger partial charge in [0.05, 0.1) is 5.71 Å². The van der Waals surface area contributed by atoms with Crippen molar-refractivity contribution in [1.29, 1.82) is 0 Å². The average molecular weight is 345 g/mol. The van der Waals surface area contributed by atoms with Crippen LogP contribution in [0.1, 0.15) is 16.7 Å². The number of benzene rings is 2. The van der Waals surface area contributed by atoms with E-state index < -0.39 is 0 Å². The van der Waals surface area contributed by atoms with E-state index in [0.29, 0.717) is 29.9 Å². The van der Waals surface area contributed by atoms with Crippen LogP contribution in [0.5, 0.6) is 0 Å². The van der Waals surface area contributed by atoms with Crippen LogP contribution in [0.4, 0.5) is 10.2 Å². The number of oxime groups is 1. The lowest BCUT2D eigenvalue weighted by atomic mass is 9.95. The summed E-state index contributed by atoms with van der Waals surface area (Å²) in [5.74, 6) is 0.383. The van der Waals surface area contributed by atoms with Gasteiger partial charge in [0, 0.05) is 41.9 Å². The number of pyridine rings is 1. The Hall–Kier alpha value is -3.34. The number of halogens is 1. The van der Waals surface area contributed by atoms with E-state index in [2.05, 4.69) is 15.1 Å². The molecule has 0 fully saturated rings. The summed E-state index contributed by atoms with van der Waals surface area (Å²) in [4.78, 5) is 8.45. The molecule has 1 N–H and O–H groups in total. The third kappa shape index (κ3) is 2.99. The molecule has 26 heavy (non-hydrogen) atoms. The van der Waals surface area contributed by atoms with E-state index in [0.717, 1.165) is 22.3 Å². The van der Waals surface area contributed by atoms with Crippen molar-refractivity contribution in [3.05, 3.63) is 83.3 Å². The number of hydrogen-bond donors (Lipinski definition) is 1. The number of aromatic nitrogens is 1. The van der Waals surface area contributed by atoms with Gasteiger partial charge in [0.25, 0.3) is 0 Å². The summed E-state index contributed by atoms with van der Waals surface area (Å²) in [5.41, 5.74) is 4.49. The Morgan fingerprint density at radius 3 is 2.77 bits per heavy atom. The van der Waals surface area contributed by atoms with Crippen LogP contribution in [0, 0.1) is 5.82 Å². The summed E-state index contributed by atoms with van der Waals surface area (Å²) >= 11 is 0. The first-order chi connectivity index (χ1) is 12.8. The molecule has 0 bridgehead atoms. The van der Waals surface area contributed by atoms with Gasteiger partial charge in [-0.05, 0) is 29.3 Å². The molecule has 3 aromatic rings. The van der Waals surface area contributed by atoms with Crippen molar-refractivity contribution in [3.8, 4) is 11.1 Å². The van der Waals surface area contributed by atoms with E-state index in [-0.39, 0.29) is 5.82 Å². The number of nitrogens with zero attached hydrogens (tertiary/aromatic N) is 3. The molecule has 4 rings (SSSR count). The molecule has 0 aliphatic carbocycles. The second kappa shape index (κ2) is 6.88. The lowest BCUT2D eigenvalue weighted by molar-refractivity contribution is 0.318. The Balaban J connectivity index is 1.68. The van der Waals surface area contributed by atoms with E-state index in [1.165, 1.54) is 6.07 Å². The first kappa shape index (κ1) is 16.1. The first-order valence-corrected chi connectivity index (χ1v) is 8.32. The Labute approximate surface area is 150 Å². The Kier molecular flexibility index (Phi) is 4.27. The zero-order chi connectivity index (χ0) is 17.9. The molecule has 1 aliphatic rings. The SMILES string of the molecule is O/N=C(\Cc1ccc(F)c(-c2ccccc2)c1)c1ccnc2c1CC=N2. The molecule has 1 aromatic heterocycles. The highest BCUT2D eigenvalue weighted by molar-refractivity contribution is 6.04. The standard InChI is InChI=1S/C21H16FN3O/c22-19-7-6-14(12-18(19)15-4-2-1-3-5-15)13-20(25-26)16-8-10-23-21-17(16)9-11-24-21/h1-8,10-12,26H,9,13H2/b25-20+. The van der Waals surface area contributed by atoms with Gasteiger partial charge in [-0.1, -0.05) is 41.6 Å². The molecule has 0 atom stereocenters. The van der Waals surface area contributed by atoms with Gasteiger partial charge in [0.1, 0.15) is 5.82 Å². The van der Waals surface area contributed by atoms with Gasteiger partial charge in [-0.3, -0.25) is 0 Å². The molecule has 5 heteroatoms. The molecule has 128 valence electrons. The largest absolute Gasteiger partial charge is 0.411 e. The topological polar surface area (TPSA) is 57.8 Å². The van der Waals surface area contributed by atoms with Crippen LogP contribution in [-0.4, -0.2) is 22.1 Å². The third-order valence-corrected chi connectivity index (χ3v) is 4.46. The van der Waals surface area contributed by atoms with E-state index in [1.54, 1.807) is 24.5 Å². The fraction of sp³-hybridized carbons (Fsp3) is 0.0952. The zero-order valence-electron chi connectivity index (χ0n) is 13.9. The van der Waals surface area contributed by atoms with Gasteiger partial charge in [0.15, 0.2) is 5.82 Å². The van der Waals surface area contributed by atoms with Crippen LogP contribution in [0.2, 0.25) is 0 Å². The van der Waals surface area contributed by atoms with E-state index in [1.807, 2.05) is 36.4 Å². The molecule has 2 heterocycles. The van der Waals surface area contributed by atoms with Crippen molar-refractivity contribution in [2.75, 3.05) is 0 Å². The number of hydrogen-bond acceptors (Lipinski definition) is 4. The number of aliphatic imine (C=N–C) groups is 1. The molecule has 0 saturated carbocycles. The van der Waals surface area contributed by atoms with Crippen LogP contribution >= 0.6 is 0 Å². The summed E-state index contributed by atoms with van der Waals surface area (Å²) in [6.07, 6.45) is 4.49. The summed E-state index contributed by atoms with van der Waals surface area (Å²) in [6, 6.07) is 16.2. The lowest BCUT2D eigenvalue weighted by Crippen LogP contribution is -2.09. The van der Waals surface area contributed by atoms with E-state index >= 15 is 0 Å². The highest BCUT2D eigenvalue weighted by atomic mass is 19.1. The van der Waals surface area contributed by atoms with Crippen molar-refractivity contribution in [2.45, 2.75) is 12.8 Å². The molecule has 4 nitrogen and oxygen atoms in total. The maximum Gasteiger partial charge on any atom is 0.155 e. The molecule has 0 radical (unpaired) electrons. The minimum atomic E-state index is -0.277. The normalized spacial score (nSPS) is 13.0. The Bertz CT molecular complexity index is 1010. The predicted molar refractivity (Wildman–Crippen MR) is 100.0 cm³/mol. The second-order valence-electron chi connectivity index (χ2n) is 6.08. The lowest BCUT2D eigenvalue weighted by Gasteiger charge is -2.11. The molecule has 0 unspecified atom stereocenters. The van der Waals surface area contributed by atoms with Crippen LogP contribution in [0.15, 0.2) is 70.9 Å². The number of rotatable bonds is 4.